The fourth-order valence-electron chi connectivity index (χ4n) is 3.14. The lowest BCUT2D eigenvalue weighted by Crippen LogP contribution is -2.62. The Balaban J connectivity index is 2.34. The third-order valence-electron chi connectivity index (χ3n) is 4.42. The first-order valence-corrected chi connectivity index (χ1v) is 10.1. The van der Waals surface area contributed by atoms with Gasteiger partial charge < -0.3 is 28.4 Å². The van der Waals surface area contributed by atoms with Crippen molar-refractivity contribution in [2.24, 2.45) is 0 Å². The quantitative estimate of drug-likeness (QED) is 0.386. The highest BCUT2D eigenvalue weighted by Crippen LogP contribution is 2.30. The van der Waals surface area contributed by atoms with Crippen LogP contribution in [0.5, 0.6) is 0 Å². The number of aromatic nitrogens is 1. The van der Waals surface area contributed by atoms with Crippen LogP contribution in [0.25, 0.3) is 6.08 Å². The number of esters is 4. The van der Waals surface area contributed by atoms with E-state index >= 15 is 0 Å². The Labute approximate surface area is 190 Å². The highest BCUT2D eigenvalue weighted by molar-refractivity contribution is 5.68. The van der Waals surface area contributed by atoms with Crippen molar-refractivity contribution in [1.82, 2.24) is 4.98 Å². The van der Waals surface area contributed by atoms with Crippen molar-refractivity contribution in [2.45, 2.75) is 65.0 Å². The molecule has 0 bridgehead atoms. The van der Waals surface area contributed by atoms with Gasteiger partial charge in [-0.1, -0.05) is 12.6 Å². The summed E-state index contributed by atoms with van der Waals surface area (Å²) in [6, 6.07) is 3.49. The Kier molecular flexibility index (Phi) is 9.49. The van der Waals surface area contributed by atoms with E-state index in [4.69, 9.17) is 28.4 Å². The molecule has 0 amide bonds. The zero-order valence-corrected chi connectivity index (χ0v) is 18.8. The van der Waals surface area contributed by atoms with E-state index in [0.717, 1.165) is 20.8 Å². The van der Waals surface area contributed by atoms with Gasteiger partial charge in [-0.05, 0) is 17.7 Å². The van der Waals surface area contributed by atoms with Gasteiger partial charge in [-0.2, -0.15) is 0 Å². The lowest BCUT2D eigenvalue weighted by atomic mass is 9.98. The first-order valence-electron chi connectivity index (χ1n) is 10.1. The summed E-state index contributed by atoms with van der Waals surface area (Å²) in [7, 11) is 0. The molecule has 1 saturated heterocycles. The van der Waals surface area contributed by atoms with Crippen LogP contribution < -0.4 is 0 Å². The van der Waals surface area contributed by atoms with Gasteiger partial charge in [0.15, 0.2) is 24.6 Å². The summed E-state index contributed by atoms with van der Waals surface area (Å²) >= 11 is 0. The Morgan fingerprint density at radius 2 is 1.55 bits per heavy atom. The molecule has 11 heteroatoms. The van der Waals surface area contributed by atoms with E-state index in [0.29, 0.717) is 11.3 Å². The first-order chi connectivity index (χ1) is 15.6. The normalized spacial score (nSPS) is 24.3. The van der Waals surface area contributed by atoms with Gasteiger partial charge in [-0.15, -0.1) is 0 Å². The second kappa shape index (κ2) is 12.1. The second-order valence-corrected chi connectivity index (χ2v) is 7.17. The molecule has 0 radical (unpaired) electrons. The van der Waals surface area contributed by atoms with E-state index < -0.39 is 54.6 Å². The molecule has 1 aliphatic heterocycles. The lowest BCUT2D eigenvalue weighted by Gasteiger charge is -2.44. The summed E-state index contributed by atoms with van der Waals surface area (Å²) in [5.74, 6) is -2.73. The van der Waals surface area contributed by atoms with Crippen molar-refractivity contribution in [3.63, 3.8) is 0 Å². The maximum atomic E-state index is 11.8. The molecular weight excluding hydrogens is 438 g/mol. The second-order valence-electron chi connectivity index (χ2n) is 7.17. The Morgan fingerprint density at radius 3 is 2.06 bits per heavy atom. The predicted octanol–water partition coefficient (Wildman–Crippen LogP) is 1.32. The monoisotopic (exact) mass is 465 g/mol. The summed E-state index contributed by atoms with van der Waals surface area (Å²) in [5, 5.41) is 0. The third kappa shape index (κ3) is 7.95. The average molecular weight is 465 g/mol. The fourth-order valence-corrected chi connectivity index (χ4v) is 3.14. The highest BCUT2D eigenvalue weighted by Gasteiger charge is 2.52. The molecule has 0 aliphatic carbocycles. The van der Waals surface area contributed by atoms with Crippen molar-refractivity contribution in [3.05, 3.63) is 36.2 Å². The molecule has 0 saturated carbocycles. The van der Waals surface area contributed by atoms with Crippen LogP contribution in [-0.2, 0) is 54.2 Å². The molecule has 2 heterocycles. The lowest BCUT2D eigenvalue weighted by molar-refractivity contribution is -0.310. The van der Waals surface area contributed by atoms with Crippen LogP contribution in [0.3, 0.4) is 0 Å². The maximum absolute atomic E-state index is 11.8. The molecule has 0 aromatic carbocycles. The molecule has 3 unspecified atom stereocenters. The number of ether oxygens (including phenoxy) is 6. The smallest absolute Gasteiger partial charge is 0.303 e. The zero-order valence-electron chi connectivity index (χ0n) is 18.8. The van der Waals surface area contributed by atoms with Gasteiger partial charge in [0.2, 0.25) is 0 Å². The predicted molar refractivity (Wildman–Crippen MR) is 111 cm³/mol. The van der Waals surface area contributed by atoms with Crippen molar-refractivity contribution in [3.8, 4) is 0 Å². The molecule has 1 fully saturated rings. The molecular formula is C22H27NO10. The van der Waals surface area contributed by atoms with Gasteiger partial charge in [-0.25, -0.2) is 0 Å². The standard InChI is InChI=1S/C22H27NO10/c1-6-17-8-7-16(9-23-17)10-29-22-21(32-15(5)27)20(31-14(4)26)19(30-13(3)25)18(33-22)11-28-12(2)24/h6-9,18-22H,1,10-11H2,2-5H3/t18?,19-,20?,21?,22-/m1/s1. The fraction of sp³-hybridized carbons (Fsp3) is 0.500. The minimum atomic E-state index is -1.28. The molecule has 1 aromatic rings. The van der Waals surface area contributed by atoms with Gasteiger partial charge in [0.05, 0.1) is 12.3 Å². The van der Waals surface area contributed by atoms with Crippen LogP contribution in [0.4, 0.5) is 0 Å². The molecule has 2 rings (SSSR count). The summed E-state index contributed by atoms with van der Waals surface area (Å²) in [6.45, 7) is 7.96. The van der Waals surface area contributed by atoms with E-state index in [1.54, 1.807) is 24.4 Å². The number of hydrogen-bond donors (Lipinski definition) is 0. The van der Waals surface area contributed by atoms with Gasteiger partial charge in [0, 0.05) is 33.9 Å². The van der Waals surface area contributed by atoms with Gasteiger partial charge in [0.25, 0.3) is 0 Å². The minimum Gasteiger partial charge on any atom is -0.463 e. The molecule has 1 aromatic heterocycles. The Bertz CT molecular complexity index is 868. The van der Waals surface area contributed by atoms with E-state index in [2.05, 4.69) is 11.6 Å². The third-order valence-corrected chi connectivity index (χ3v) is 4.42. The molecule has 0 spiro atoms. The van der Waals surface area contributed by atoms with Crippen LogP contribution in [0.15, 0.2) is 24.9 Å². The zero-order chi connectivity index (χ0) is 24.5. The SMILES string of the molecule is C=Cc1ccc(CO[C@@H]2OC(COC(C)=O)[C@@H](OC(C)=O)C(OC(C)=O)C2OC(C)=O)cn1. The Morgan fingerprint density at radius 1 is 0.939 bits per heavy atom. The van der Waals surface area contributed by atoms with E-state index in [1.807, 2.05) is 0 Å². The summed E-state index contributed by atoms with van der Waals surface area (Å²) in [5.41, 5.74) is 1.35. The molecule has 5 atom stereocenters. The first kappa shape index (κ1) is 25.9. The van der Waals surface area contributed by atoms with Crippen LogP contribution in [0, 0.1) is 0 Å². The molecule has 1 aliphatic rings. The van der Waals surface area contributed by atoms with Gasteiger partial charge in [0.1, 0.15) is 12.7 Å². The summed E-state index contributed by atoms with van der Waals surface area (Å²) < 4.78 is 32.7. The van der Waals surface area contributed by atoms with Gasteiger partial charge in [-0.3, -0.25) is 24.2 Å². The summed E-state index contributed by atoms with van der Waals surface area (Å²) in [4.78, 5) is 50.8. The van der Waals surface area contributed by atoms with Crippen molar-refractivity contribution >= 4 is 30.0 Å². The molecule has 180 valence electrons. The number of carbonyl (C=O) groups is 4. The maximum Gasteiger partial charge on any atom is 0.303 e. The number of carbonyl (C=O) groups excluding carboxylic acids is 4. The topological polar surface area (TPSA) is 137 Å². The van der Waals surface area contributed by atoms with Crippen molar-refractivity contribution < 1.29 is 47.6 Å². The molecule has 11 nitrogen and oxygen atoms in total. The molecule has 0 N–H and O–H groups in total. The average Bonchev–Trinajstić information content (AvgIpc) is 2.73. The minimum absolute atomic E-state index is 0.00182. The van der Waals surface area contributed by atoms with E-state index in [-0.39, 0.29) is 13.2 Å². The van der Waals surface area contributed by atoms with Gasteiger partial charge >= 0.3 is 23.9 Å². The van der Waals surface area contributed by atoms with Crippen LogP contribution >= 0.6 is 0 Å². The number of nitrogens with zero attached hydrogens (tertiary/aromatic N) is 1. The highest BCUT2D eigenvalue weighted by atomic mass is 16.7. The number of pyridine rings is 1. The van der Waals surface area contributed by atoms with E-state index in [9.17, 15) is 19.2 Å². The van der Waals surface area contributed by atoms with Crippen LogP contribution in [0.1, 0.15) is 39.0 Å². The van der Waals surface area contributed by atoms with Crippen LogP contribution in [-0.4, -0.2) is 66.2 Å². The van der Waals surface area contributed by atoms with Crippen molar-refractivity contribution in [1.29, 1.82) is 0 Å². The molecule has 33 heavy (non-hydrogen) atoms. The van der Waals surface area contributed by atoms with Crippen molar-refractivity contribution in [2.75, 3.05) is 6.61 Å². The number of hydrogen-bond acceptors (Lipinski definition) is 11. The summed E-state index contributed by atoms with van der Waals surface area (Å²) in [6.07, 6.45) is -2.94. The number of rotatable bonds is 9. The Hall–Kier alpha value is -3.31. The van der Waals surface area contributed by atoms with E-state index in [1.165, 1.54) is 6.92 Å². The largest absolute Gasteiger partial charge is 0.463 e. The van der Waals surface area contributed by atoms with Crippen LogP contribution in [0.2, 0.25) is 0 Å².